The summed E-state index contributed by atoms with van der Waals surface area (Å²) < 4.78 is 10.8. The number of allylic oxidation sites excluding steroid dienone is 2. The van der Waals surface area contributed by atoms with E-state index in [1.807, 2.05) is 42.5 Å². The zero-order chi connectivity index (χ0) is 19.6. The van der Waals surface area contributed by atoms with Gasteiger partial charge in [-0.15, -0.1) is 0 Å². The standard InChI is InChI=1S/C23H23N3O3/c27-21(13-17-3-1-2-4-20(17)26-11-9-24-10-12-26)19-7-6-18(25-19)16-5-8-22-23(14-16)29-15-28-22/h1-5,7-8,14,24H,6,9-13,15H2. The number of piperazine rings is 1. The Morgan fingerprint density at radius 2 is 1.90 bits per heavy atom. The van der Waals surface area contributed by atoms with E-state index in [2.05, 4.69) is 21.3 Å². The molecule has 0 radical (unpaired) electrons. The molecule has 1 fully saturated rings. The third-order valence-corrected chi connectivity index (χ3v) is 5.54. The molecule has 29 heavy (non-hydrogen) atoms. The average Bonchev–Trinajstić information content (AvgIpc) is 3.44. The number of hydrogen-bond donors (Lipinski definition) is 1. The van der Waals surface area contributed by atoms with Gasteiger partial charge in [0, 0.05) is 50.3 Å². The number of ether oxygens (including phenoxy) is 2. The van der Waals surface area contributed by atoms with Gasteiger partial charge in [-0.2, -0.15) is 0 Å². The topological polar surface area (TPSA) is 63.2 Å². The van der Waals surface area contributed by atoms with Crippen molar-refractivity contribution in [2.45, 2.75) is 12.8 Å². The summed E-state index contributed by atoms with van der Waals surface area (Å²) in [7, 11) is 0. The van der Waals surface area contributed by atoms with E-state index in [9.17, 15) is 4.79 Å². The van der Waals surface area contributed by atoms with Crippen molar-refractivity contribution in [3.05, 3.63) is 65.4 Å². The second-order valence-corrected chi connectivity index (χ2v) is 7.39. The van der Waals surface area contributed by atoms with Crippen molar-refractivity contribution in [3.63, 3.8) is 0 Å². The molecule has 1 N–H and O–H groups in total. The molecule has 0 spiro atoms. The van der Waals surface area contributed by atoms with E-state index in [0.29, 0.717) is 18.5 Å². The number of para-hydroxylation sites is 1. The van der Waals surface area contributed by atoms with Crippen LogP contribution < -0.4 is 19.7 Å². The first-order valence-electron chi connectivity index (χ1n) is 10.0. The van der Waals surface area contributed by atoms with Gasteiger partial charge in [-0.25, -0.2) is 4.99 Å². The summed E-state index contributed by atoms with van der Waals surface area (Å²) in [4.78, 5) is 19.9. The van der Waals surface area contributed by atoms with E-state index in [1.165, 1.54) is 0 Å². The van der Waals surface area contributed by atoms with Crippen molar-refractivity contribution in [1.29, 1.82) is 0 Å². The Morgan fingerprint density at radius 1 is 1.07 bits per heavy atom. The number of carbonyl (C=O) groups excluding carboxylic acids is 1. The van der Waals surface area contributed by atoms with Crippen LogP contribution in [0.1, 0.15) is 17.5 Å². The zero-order valence-corrected chi connectivity index (χ0v) is 16.2. The molecule has 5 rings (SSSR count). The molecule has 3 aliphatic heterocycles. The van der Waals surface area contributed by atoms with Gasteiger partial charge in [0.2, 0.25) is 6.79 Å². The van der Waals surface area contributed by atoms with E-state index >= 15 is 0 Å². The Bertz CT molecular complexity index is 1010. The van der Waals surface area contributed by atoms with E-state index in [-0.39, 0.29) is 12.6 Å². The van der Waals surface area contributed by atoms with Gasteiger partial charge in [-0.1, -0.05) is 18.2 Å². The summed E-state index contributed by atoms with van der Waals surface area (Å²) in [5.74, 6) is 1.54. The van der Waals surface area contributed by atoms with Crippen LogP contribution in [0, 0.1) is 0 Å². The molecule has 0 saturated carbocycles. The molecule has 6 nitrogen and oxygen atoms in total. The molecule has 1 saturated heterocycles. The van der Waals surface area contributed by atoms with E-state index in [4.69, 9.17) is 9.47 Å². The Kier molecular flexibility index (Phi) is 4.77. The van der Waals surface area contributed by atoms with Crippen LogP contribution in [0.15, 0.2) is 59.2 Å². The fourth-order valence-electron chi connectivity index (χ4n) is 4.00. The first-order valence-corrected chi connectivity index (χ1v) is 10.0. The highest BCUT2D eigenvalue weighted by Gasteiger charge is 2.21. The number of nitrogens with zero attached hydrogens (tertiary/aromatic N) is 2. The largest absolute Gasteiger partial charge is 0.454 e. The van der Waals surface area contributed by atoms with Gasteiger partial charge in [-0.3, -0.25) is 4.79 Å². The number of aliphatic imine (C=N–C) groups is 1. The summed E-state index contributed by atoms with van der Waals surface area (Å²) in [6.07, 6.45) is 2.94. The lowest BCUT2D eigenvalue weighted by Gasteiger charge is -2.31. The van der Waals surface area contributed by atoms with Crippen molar-refractivity contribution in [1.82, 2.24) is 5.32 Å². The molecule has 0 amide bonds. The van der Waals surface area contributed by atoms with Crippen molar-refractivity contribution in [2.75, 3.05) is 37.9 Å². The highest BCUT2D eigenvalue weighted by Crippen LogP contribution is 2.34. The van der Waals surface area contributed by atoms with Crippen molar-refractivity contribution in [3.8, 4) is 11.5 Å². The maximum atomic E-state index is 13.0. The number of fused-ring (bicyclic) bond motifs is 1. The van der Waals surface area contributed by atoms with Crippen molar-refractivity contribution < 1.29 is 14.3 Å². The highest BCUT2D eigenvalue weighted by molar-refractivity contribution is 6.09. The van der Waals surface area contributed by atoms with Gasteiger partial charge in [0.05, 0.1) is 5.71 Å². The van der Waals surface area contributed by atoms with Gasteiger partial charge in [-0.05, 0) is 35.9 Å². The Hall–Kier alpha value is -3.12. The van der Waals surface area contributed by atoms with Gasteiger partial charge >= 0.3 is 0 Å². The van der Waals surface area contributed by atoms with Crippen LogP contribution in [-0.2, 0) is 11.2 Å². The SMILES string of the molecule is O=C(Cc1ccccc1N1CCNCC1)C1=CCC(c2ccc3c(c2)OCO3)=N1. The quantitative estimate of drug-likeness (QED) is 0.852. The summed E-state index contributed by atoms with van der Waals surface area (Å²) in [5.41, 5.74) is 4.62. The second kappa shape index (κ2) is 7.72. The molecule has 0 unspecified atom stereocenters. The third-order valence-electron chi connectivity index (χ3n) is 5.54. The Labute approximate surface area is 169 Å². The molecule has 148 valence electrons. The number of ketones is 1. The summed E-state index contributed by atoms with van der Waals surface area (Å²) >= 11 is 0. The molecule has 0 atom stereocenters. The summed E-state index contributed by atoms with van der Waals surface area (Å²) in [6, 6.07) is 14.0. The van der Waals surface area contributed by atoms with Gasteiger partial charge < -0.3 is 19.7 Å². The van der Waals surface area contributed by atoms with Gasteiger partial charge in [0.15, 0.2) is 17.3 Å². The monoisotopic (exact) mass is 389 g/mol. The third kappa shape index (κ3) is 3.63. The maximum Gasteiger partial charge on any atom is 0.231 e. The highest BCUT2D eigenvalue weighted by atomic mass is 16.7. The molecule has 2 aromatic carbocycles. The fraction of sp³-hybridized carbons (Fsp3) is 0.304. The molecule has 0 aliphatic carbocycles. The smallest absolute Gasteiger partial charge is 0.231 e. The number of rotatable bonds is 5. The second-order valence-electron chi connectivity index (χ2n) is 7.39. The zero-order valence-electron chi connectivity index (χ0n) is 16.2. The fourth-order valence-corrected chi connectivity index (χ4v) is 4.00. The Morgan fingerprint density at radius 3 is 2.79 bits per heavy atom. The summed E-state index contributed by atoms with van der Waals surface area (Å²) in [5, 5.41) is 3.37. The molecular formula is C23H23N3O3. The van der Waals surface area contributed by atoms with Crippen molar-refractivity contribution >= 4 is 17.2 Å². The number of Topliss-reactive ketones (excluding diaryl/α,β-unsaturated/α-hetero) is 1. The Balaban J connectivity index is 1.32. The maximum absolute atomic E-state index is 13.0. The van der Waals surface area contributed by atoms with E-state index in [0.717, 1.165) is 60.2 Å². The predicted molar refractivity (Wildman–Crippen MR) is 112 cm³/mol. The lowest BCUT2D eigenvalue weighted by molar-refractivity contribution is -0.115. The predicted octanol–water partition coefficient (Wildman–Crippen LogP) is 2.71. The van der Waals surface area contributed by atoms with E-state index < -0.39 is 0 Å². The molecule has 3 heterocycles. The molecule has 0 bridgehead atoms. The lowest BCUT2D eigenvalue weighted by Crippen LogP contribution is -2.43. The molecule has 6 heteroatoms. The molecule has 3 aliphatic rings. The van der Waals surface area contributed by atoms with Crippen LogP contribution in [0.25, 0.3) is 0 Å². The number of carbonyl (C=O) groups is 1. The average molecular weight is 389 g/mol. The lowest BCUT2D eigenvalue weighted by atomic mass is 10.0. The minimum Gasteiger partial charge on any atom is -0.454 e. The van der Waals surface area contributed by atoms with Crippen molar-refractivity contribution in [2.24, 2.45) is 4.99 Å². The van der Waals surface area contributed by atoms with Crippen LogP contribution in [-0.4, -0.2) is 44.5 Å². The number of benzene rings is 2. The molecular weight excluding hydrogens is 366 g/mol. The minimum atomic E-state index is 0.0586. The van der Waals surface area contributed by atoms with Gasteiger partial charge in [0.25, 0.3) is 0 Å². The number of nitrogens with one attached hydrogen (secondary N) is 1. The number of hydrogen-bond acceptors (Lipinski definition) is 6. The van der Waals surface area contributed by atoms with Crippen LogP contribution in [0.3, 0.4) is 0 Å². The van der Waals surface area contributed by atoms with Gasteiger partial charge in [0.1, 0.15) is 5.70 Å². The van der Waals surface area contributed by atoms with E-state index in [1.54, 1.807) is 0 Å². The van der Waals surface area contributed by atoms with Crippen LogP contribution in [0.5, 0.6) is 11.5 Å². The minimum absolute atomic E-state index is 0.0586. The molecule has 0 aromatic heterocycles. The van der Waals surface area contributed by atoms with Crippen LogP contribution >= 0.6 is 0 Å². The first-order chi connectivity index (χ1) is 14.3. The van der Waals surface area contributed by atoms with Crippen LogP contribution in [0.2, 0.25) is 0 Å². The first kappa shape index (κ1) is 17.9. The normalized spacial score (nSPS) is 17.9. The summed E-state index contributed by atoms with van der Waals surface area (Å²) in [6.45, 7) is 4.10. The van der Waals surface area contributed by atoms with Crippen LogP contribution in [0.4, 0.5) is 5.69 Å². The number of anilines is 1. The molecule has 2 aromatic rings.